The van der Waals surface area contributed by atoms with Gasteiger partial charge in [0.1, 0.15) is 0 Å². The second kappa shape index (κ2) is 4.80. The number of fused-ring (bicyclic) bond motifs is 1. The summed E-state index contributed by atoms with van der Waals surface area (Å²) in [6, 6.07) is 11.6. The molecule has 1 heterocycles. The van der Waals surface area contributed by atoms with Crippen LogP contribution in [0.15, 0.2) is 57.7 Å². The molecule has 0 fully saturated rings. The highest BCUT2D eigenvalue weighted by atomic mass is 19.4. The SMILES string of the molecule is O=c1oc2ccccc2n1Cc1ccc(C(F)(F)F)cc1. The monoisotopic (exact) mass is 293 g/mol. The number of benzene rings is 2. The van der Waals surface area contributed by atoms with Crippen LogP contribution in [0.1, 0.15) is 11.1 Å². The highest BCUT2D eigenvalue weighted by molar-refractivity contribution is 5.72. The van der Waals surface area contributed by atoms with Gasteiger partial charge in [-0.05, 0) is 29.8 Å². The van der Waals surface area contributed by atoms with E-state index in [1.54, 1.807) is 24.3 Å². The Morgan fingerprint density at radius 2 is 1.67 bits per heavy atom. The van der Waals surface area contributed by atoms with E-state index in [9.17, 15) is 18.0 Å². The Balaban J connectivity index is 1.96. The van der Waals surface area contributed by atoms with Crippen LogP contribution in [0.3, 0.4) is 0 Å². The fraction of sp³-hybridized carbons (Fsp3) is 0.133. The van der Waals surface area contributed by atoms with Gasteiger partial charge in [0, 0.05) is 0 Å². The van der Waals surface area contributed by atoms with Gasteiger partial charge < -0.3 is 4.42 Å². The van der Waals surface area contributed by atoms with E-state index in [0.717, 1.165) is 12.1 Å². The largest absolute Gasteiger partial charge is 0.420 e. The van der Waals surface area contributed by atoms with Crippen molar-refractivity contribution in [2.75, 3.05) is 0 Å². The molecule has 2 aromatic carbocycles. The second-order valence-electron chi connectivity index (χ2n) is 4.62. The predicted molar refractivity (Wildman–Crippen MR) is 71.0 cm³/mol. The van der Waals surface area contributed by atoms with Crippen LogP contribution in [0, 0.1) is 0 Å². The van der Waals surface area contributed by atoms with Gasteiger partial charge in [0.25, 0.3) is 0 Å². The Hall–Kier alpha value is -2.50. The van der Waals surface area contributed by atoms with Crippen molar-refractivity contribution in [1.29, 1.82) is 0 Å². The van der Waals surface area contributed by atoms with Gasteiger partial charge in [0.2, 0.25) is 0 Å². The van der Waals surface area contributed by atoms with Crippen molar-refractivity contribution >= 4 is 11.1 Å². The molecule has 0 aliphatic heterocycles. The zero-order valence-corrected chi connectivity index (χ0v) is 10.7. The second-order valence-corrected chi connectivity index (χ2v) is 4.62. The normalized spacial score (nSPS) is 12.0. The molecule has 3 rings (SSSR count). The first kappa shape index (κ1) is 13.5. The number of oxazole rings is 1. The predicted octanol–water partition coefficient (Wildman–Crippen LogP) is 3.66. The molecule has 0 amide bonds. The van der Waals surface area contributed by atoms with E-state index in [1.807, 2.05) is 0 Å². The Bertz CT molecular complexity index is 828. The van der Waals surface area contributed by atoms with Crippen LogP contribution < -0.4 is 5.76 Å². The van der Waals surface area contributed by atoms with Crippen LogP contribution >= 0.6 is 0 Å². The third kappa shape index (κ3) is 2.56. The minimum absolute atomic E-state index is 0.161. The number of aromatic nitrogens is 1. The zero-order chi connectivity index (χ0) is 15.0. The third-order valence-electron chi connectivity index (χ3n) is 3.20. The lowest BCUT2D eigenvalue weighted by Gasteiger charge is -2.08. The Morgan fingerprint density at radius 1 is 1.00 bits per heavy atom. The first-order valence-corrected chi connectivity index (χ1v) is 6.20. The summed E-state index contributed by atoms with van der Waals surface area (Å²) >= 11 is 0. The van der Waals surface area contributed by atoms with Crippen molar-refractivity contribution in [2.45, 2.75) is 12.7 Å². The van der Waals surface area contributed by atoms with Crippen LogP contribution in [-0.2, 0) is 12.7 Å². The average Bonchev–Trinajstić information content (AvgIpc) is 2.75. The summed E-state index contributed by atoms with van der Waals surface area (Å²) in [5, 5.41) is 0. The van der Waals surface area contributed by atoms with Gasteiger partial charge in [-0.25, -0.2) is 4.79 Å². The summed E-state index contributed by atoms with van der Waals surface area (Å²) in [6.45, 7) is 0.161. The molecule has 0 aliphatic rings. The number of rotatable bonds is 2. The lowest BCUT2D eigenvalue weighted by atomic mass is 10.1. The molecule has 1 aromatic heterocycles. The highest BCUT2D eigenvalue weighted by Gasteiger charge is 2.29. The number of para-hydroxylation sites is 2. The minimum Gasteiger partial charge on any atom is -0.408 e. The Labute approximate surface area is 117 Å². The van der Waals surface area contributed by atoms with Crippen LogP contribution in [0.25, 0.3) is 11.1 Å². The molecule has 3 aromatic rings. The Kier molecular flexibility index (Phi) is 3.08. The highest BCUT2D eigenvalue weighted by Crippen LogP contribution is 2.29. The quantitative estimate of drug-likeness (QED) is 0.722. The zero-order valence-electron chi connectivity index (χ0n) is 10.7. The van der Waals surface area contributed by atoms with E-state index in [0.29, 0.717) is 16.7 Å². The lowest BCUT2D eigenvalue weighted by molar-refractivity contribution is -0.137. The van der Waals surface area contributed by atoms with Crippen molar-refractivity contribution < 1.29 is 17.6 Å². The number of alkyl halides is 3. The number of halogens is 3. The minimum atomic E-state index is -4.36. The molecule has 0 radical (unpaired) electrons. The lowest BCUT2D eigenvalue weighted by Crippen LogP contribution is -2.15. The topological polar surface area (TPSA) is 35.1 Å². The molecule has 0 bridgehead atoms. The molecule has 108 valence electrons. The summed E-state index contributed by atoms with van der Waals surface area (Å²) in [5.41, 5.74) is 0.948. The van der Waals surface area contributed by atoms with Crippen molar-refractivity contribution in [3.8, 4) is 0 Å². The molecule has 6 heteroatoms. The van der Waals surface area contributed by atoms with E-state index in [1.165, 1.54) is 16.7 Å². The van der Waals surface area contributed by atoms with Crippen molar-refractivity contribution in [1.82, 2.24) is 4.57 Å². The molecule has 0 aliphatic carbocycles. The smallest absolute Gasteiger partial charge is 0.408 e. The molecule has 0 N–H and O–H groups in total. The maximum absolute atomic E-state index is 12.5. The molecular formula is C15H10F3NO2. The van der Waals surface area contributed by atoms with Crippen LogP contribution in [0.2, 0.25) is 0 Å². The van der Waals surface area contributed by atoms with E-state index < -0.39 is 17.5 Å². The summed E-state index contributed by atoms with van der Waals surface area (Å²) in [6.07, 6.45) is -4.36. The van der Waals surface area contributed by atoms with E-state index in [2.05, 4.69) is 0 Å². The van der Waals surface area contributed by atoms with Crippen LogP contribution in [0.4, 0.5) is 13.2 Å². The molecule has 0 saturated heterocycles. The molecule has 0 spiro atoms. The molecule has 3 nitrogen and oxygen atoms in total. The van der Waals surface area contributed by atoms with Crippen molar-refractivity contribution in [3.63, 3.8) is 0 Å². The van der Waals surface area contributed by atoms with Crippen LogP contribution in [-0.4, -0.2) is 4.57 Å². The molecule has 0 saturated carbocycles. The van der Waals surface area contributed by atoms with E-state index >= 15 is 0 Å². The maximum atomic E-state index is 12.5. The van der Waals surface area contributed by atoms with Gasteiger partial charge in [0.05, 0.1) is 17.6 Å². The summed E-state index contributed by atoms with van der Waals surface area (Å²) in [4.78, 5) is 11.8. The van der Waals surface area contributed by atoms with Gasteiger partial charge in [0.15, 0.2) is 5.58 Å². The van der Waals surface area contributed by atoms with Gasteiger partial charge >= 0.3 is 11.9 Å². The number of hydrogen-bond donors (Lipinski definition) is 0. The van der Waals surface area contributed by atoms with Gasteiger partial charge in [-0.2, -0.15) is 13.2 Å². The molecule has 21 heavy (non-hydrogen) atoms. The molecular weight excluding hydrogens is 283 g/mol. The first-order chi connectivity index (χ1) is 9.95. The first-order valence-electron chi connectivity index (χ1n) is 6.20. The average molecular weight is 293 g/mol. The van der Waals surface area contributed by atoms with Crippen molar-refractivity contribution in [3.05, 3.63) is 70.2 Å². The van der Waals surface area contributed by atoms with Crippen LogP contribution in [0.5, 0.6) is 0 Å². The number of hydrogen-bond acceptors (Lipinski definition) is 2. The van der Waals surface area contributed by atoms with E-state index in [-0.39, 0.29) is 6.54 Å². The molecule has 0 unspecified atom stereocenters. The van der Waals surface area contributed by atoms with Gasteiger partial charge in [-0.1, -0.05) is 24.3 Å². The Morgan fingerprint density at radius 3 is 2.33 bits per heavy atom. The standard InChI is InChI=1S/C15H10F3NO2/c16-15(17,18)11-7-5-10(6-8-11)9-19-12-3-1-2-4-13(12)21-14(19)20/h1-8H,9H2. The van der Waals surface area contributed by atoms with Crippen molar-refractivity contribution in [2.24, 2.45) is 0 Å². The summed E-state index contributed by atoms with van der Waals surface area (Å²) < 4.78 is 44.0. The van der Waals surface area contributed by atoms with E-state index in [4.69, 9.17) is 4.42 Å². The summed E-state index contributed by atoms with van der Waals surface area (Å²) in [5.74, 6) is -0.531. The summed E-state index contributed by atoms with van der Waals surface area (Å²) in [7, 11) is 0. The third-order valence-corrected chi connectivity index (χ3v) is 3.20. The van der Waals surface area contributed by atoms with Gasteiger partial charge in [-0.15, -0.1) is 0 Å². The fourth-order valence-corrected chi connectivity index (χ4v) is 2.15. The fourth-order valence-electron chi connectivity index (χ4n) is 2.15. The maximum Gasteiger partial charge on any atom is 0.420 e. The van der Waals surface area contributed by atoms with Gasteiger partial charge in [-0.3, -0.25) is 4.57 Å². The molecule has 0 atom stereocenters. The number of nitrogens with zero attached hydrogens (tertiary/aromatic N) is 1.